The molecular weight excluding hydrogens is 244 g/mol. The minimum atomic E-state index is -3.51. The Bertz CT molecular complexity index is 443. The highest BCUT2D eigenvalue weighted by molar-refractivity contribution is 7.87. The Labute approximate surface area is 101 Å². The van der Waals surface area contributed by atoms with Crippen LogP contribution >= 0.6 is 0 Å². The molecule has 0 unspecified atom stereocenters. The second kappa shape index (κ2) is 6.10. The molecule has 0 radical (unpaired) electrons. The van der Waals surface area contributed by atoms with Gasteiger partial charge in [-0.2, -0.15) is 17.4 Å². The van der Waals surface area contributed by atoms with Crippen LogP contribution in [0.25, 0.3) is 0 Å². The molecule has 0 fully saturated rings. The highest BCUT2D eigenvalue weighted by atomic mass is 32.2. The molecule has 17 heavy (non-hydrogen) atoms. The van der Waals surface area contributed by atoms with Crippen LogP contribution in [-0.4, -0.2) is 47.6 Å². The highest BCUT2D eigenvalue weighted by Crippen LogP contribution is 1.99. The number of aliphatic hydroxyl groups is 1. The van der Waals surface area contributed by atoms with Crippen molar-refractivity contribution in [1.29, 1.82) is 0 Å². The Kier molecular flexibility index (Phi) is 5.06. The van der Waals surface area contributed by atoms with Crippen molar-refractivity contribution < 1.29 is 13.5 Å². The summed E-state index contributed by atoms with van der Waals surface area (Å²) in [5.74, 6) is 0.643. The van der Waals surface area contributed by atoms with Crippen LogP contribution < -0.4 is 4.72 Å². The smallest absolute Gasteiger partial charge is 0.279 e. The van der Waals surface area contributed by atoms with Crippen LogP contribution in [0.2, 0.25) is 0 Å². The van der Waals surface area contributed by atoms with Crippen LogP contribution in [0.15, 0.2) is 12.4 Å². The van der Waals surface area contributed by atoms with Crippen molar-refractivity contribution in [3.8, 4) is 0 Å². The van der Waals surface area contributed by atoms with Gasteiger partial charge >= 0.3 is 0 Å². The van der Waals surface area contributed by atoms with Crippen molar-refractivity contribution >= 4 is 10.2 Å². The van der Waals surface area contributed by atoms with Crippen LogP contribution in [0.5, 0.6) is 0 Å². The van der Waals surface area contributed by atoms with Crippen molar-refractivity contribution in [1.82, 2.24) is 18.6 Å². The number of aromatic nitrogens is 2. The molecule has 7 nitrogen and oxygen atoms in total. The van der Waals surface area contributed by atoms with E-state index in [0.29, 0.717) is 12.2 Å². The predicted molar refractivity (Wildman–Crippen MR) is 63.3 cm³/mol. The van der Waals surface area contributed by atoms with Gasteiger partial charge in [-0.25, -0.2) is 4.98 Å². The van der Waals surface area contributed by atoms with Crippen LogP contribution in [-0.2, 0) is 23.8 Å². The van der Waals surface area contributed by atoms with Crippen molar-refractivity contribution in [3.05, 3.63) is 18.2 Å². The van der Waals surface area contributed by atoms with Gasteiger partial charge in [-0.05, 0) is 6.42 Å². The van der Waals surface area contributed by atoms with Gasteiger partial charge in [-0.3, -0.25) is 0 Å². The maximum Gasteiger partial charge on any atom is 0.279 e. The van der Waals surface area contributed by atoms with E-state index < -0.39 is 10.2 Å². The van der Waals surface area contributed by atoms with E-state index in [1.165, 1.54) is 11.4 Å². The number of rotatable bonds is 7. The van der Waals surface area contributed by atoms with E-state index >= 15 is 0 Å². The van der Waals surface area contributed by atoms with E-state index in [0.717, 1.165) is 0 Å². The second-order valence-corrected chi connectivity index (χ2v) is 5.54. The molecule has 0 aliphatic carbocycles. The van der Waals surface area contributed by atoms with Crippen molar-refractivity contribution in [2.75, 3.05) is 20.2 Å². The minimum absolute atomic E-state index is 0.0285. The average molecular weight is 262 g/mol. The molecule has 0 aliphatic rings. The molecule has 1 heterocycles. The number of aliphatic hydroxyl groups excluding tert-OH is 1. The molecular formula is C9H18N4O3S. The Morgan fingerprint density at radius 1 is 1.59 bits per heavy atom. The summed E-state index contributed by atoms with van der Waals surface area (Å²) in [4.78, 5) is 4.02. The largest absolute Gasteiger partial charge is 0.396 e. The monoisotopic (exact) mass is 262 g/mol. The zero-order valence-electron chi connectivity index (χ0n) is 10.00. The minimum Gasteiger partial charge on any atom is -0.396 e. The fraction of sp³-hybridized carbons (Fsp3) is 0.667. The summed E-state index contributed by atoms with van der Waals surface area (Å²) >= 11 is 0. The lowest BCUT2D eigenvalue weighted by Gasteiger charge is -2.16. The Balaban J connectivity index is 2.52. The molecule has 8 heteroatoms. The number of hydrogen-bond acceptors (Lipinski definition) is 4. The van der Waals surface area contributed by atoms with Gasteiger partial charge in [0.2, 0.25) is 0 Å². The molecule has 1 rings (SSSR count). The summed E-state index contributed by atoms with van der Waals surface area (Å²) in [7, 11) is -0.240. The van der Waals surface area contributed by atoms with Crippen LogP contribution in [0.1, 0.15) is 12.2 Å². The fourth-order valence-corrected chi connectivity index (χ4v) is 2.15. The summed E-state index contributed by atoms with van der Waals surface area (Å²) in [5.41, 5.74) is 0. The molecule has 0 aliphatic heterocycles. The van der Waals surface area contributed by atoms with Gasteiger partial charge in [0.15, 0.2) is 0 Å². The topological polar surface area (TPSA) is 87.5 Å². The first-order valence-corrected chi connectivity index (χ1v) is 6.69. The van der Waals surface area contributed by atoms with Gasteiger partial charge in [-0.15, -0.1) is 0 Å². The Morgan fingerprint density at radius 3 is 2.82 bits per heavy atom. The predicted octanol–water partition coefficient (Wildman–Crippen LogP) is -0.931. The third-order valence-corrected chi connectivity index (χ3v) is 3.89. The maximum absolute atomic E-state index is 11.7. The number of nitrogens with zero attached hydrogens (tertiary/aromatic N) is 3. The molecule has 98 valence electrons. The zero-order valence-corrected chi connectivity index (χ0v) is 10.8. The summed E-state index contributed by atoms with van der Waals surface area (Å²) in [6.45, 7) is 0.404. The van der Waals surface area contributed by atoms with E-state index in [1.54, 1.807) is 24.0 Å². The van der Waals surface area contributed by atoms with Gasteiger partial charge in [-0.1, -0.05) is 0 Å². The summed E-state index contributed by atoms with van der Waals surface area (Å²) in [6.07, 6.45) is 3.78. The quantitative estimate of drug-likeness (QED) is 0.664. The molecule has 0 amide bonds. The lowest BCUT2D eigenvalue weighted by molar-refractivity contribution is 0.275. The molecule has 1 aromatic heterocycles. The van der Waals surface area contributed by atoms with Crippen LogP contribution in [0, 0.1) is 0 Å². The van der Waals surface area contributed by atoms with Gasteiger partial charge in [0.25, 0.3) is 10.2 Å². The first kappa shape index (κ1) is 14.1. The highest BCUT2D eigenvalue weighted by Gasteiger charge is 2.17. The first-order valence-electron chi connectivity index (χ1n) is 5.25. The van der Waals surface area contributed by atoms with Gasteiger partial charge in [0, 0.05) is 39.6 Å². The number of imidazole rings is 1. The fourth-order valence-electron chi connectivity index (χ4n) is 1.25. The third kappa shape index (κ3) is 4.08. The molecule has 0 saturated carbocycles. The summed E-state index contributed by atoms with van der Waals surface area (Å²) in [5, 5.41) is 8.64. The van der Waals surface area contributed by atoms with E-state index in [2.05, 4.69) is 9.71 Å². The van der Waals surface area contributed by atoms with E-state index in [4.69, 9.17) is 5.11 Å². The molecule has 0 aromatic carbocycles. The summed E-state index contributed by atoms with van der Waals surface area (Å²) < 4.78 is 28.8. The van der Waals surface area contributed by atoms with E-state index in [1.807, 2.05) is 0 Å². The van der Waals surface area contributed by atoms with Crippen LogP contribution in [0.3, 0.4) is 0 Å². The summed E-state index contributed by atoms with van der Waals surface area (Å²) in [6, 6.07) is 0. The molecule has 0 saturated heterocycles. The third-order valence-electron chi connectivity index (χ3n) is 2.38. The second-order valence-electron chi connectivity index (χ2n) is 3.68. The SMILES string of the molecule is CN(CCCO)S(=O)(=O)NCc1nccn1C. The first-order chi connectivity index (χ1) is 7.97. The molecule has 1 aromatic rings. The van der Waals surface area contributed by atoms with Gasteiger partial charge in [0.1, 0.15) is 5.82 Å². The van der Waals surface area contributed by atoms with Crippen molar-refractivity contribution in [2.24, 2.45) is 7.05 Å². The van der Waals surface area contributed by atoms with E-state index in [-0.39, 0.29) is 19.7 Å². The lowest BCUT2D eigenvalue weighted by atomic mass is 10.5. The van der Waals surface area contributed by atoms with Crippen LogP contribution in [0.4, 0.5) is 0 Å². The Morgan fingerprint density at radius 2 is 2.29 bits per heavy atom. The molecule has 0 atom stereocenters. The van der Waals surface area contributed by atoms with Crippen molar-refractivity contribution in [2.45, 2.75) is 13.0 Å². The molecule has 0 spiro atoms. The Hall–Kier alpha value is -0.960. The van der Waals surface area contributed by atoms with Gasteiger partial charge in [0.05, 0.1) is 6.54 Å². The standard InChI is InChI=1S/C9H18N4O3S/c1-12-6-4-10-9(12)8-11-17(15,16)13(2)5-3-7-14/h4,6,11,14H,3,5,7-8H2,1-2H3. The lowest BCUT2D eigenvalue weighted by Crippen LogP contribution is -2.38. The molecule has 2 N–H and O–H groups in total. The van der Waals surface area contributed by atoms with Crippen molar-refractivity contribution in [3.63, 3.8) is 0 Å². The normalized spacial score (nSPS) is 12.2. The zero-order chi connectivity index (χ0) is 12.9. The number of nitrogens with one attached hydrogen (secondary N) is 1. The average Bonchev–Trinajstić information content (AvgIpc) is 2.69. The molecule has 0 bridgehead atoms. The maximum atomic E-state index is 11.7. The number of hydrogen-bond donors (Lipinski definition) is 2. The van der Waals surface area contributed by atoms with E-state index in [9.17, 15) is 8.42 Å². The number of aryl methyl sites for hydroxylation is 1. The van der Waals surface area contributed by atoms with Gasteiger partial charge < -0.3 is 9.67 Å².